The summed E-state index contributed by atoms with van der Waals surface area (Å²) >= 11 is 0. The van der Waals surface area contributed by atoms with E-state index in [0.717, 1.165) is 0 Å². The zero-order valence-electron chi connectivity index (χ0n) is 3.14. The van der Waals surface area contributed by atoms with E-state index in [1.807, 2.05) is 0 Å². The van der Waals surface area contributed by atoms with E-state index < -0.39 is 0 Å². The van der Waals surface area contributed by atoms with Crippen LogP contribution in [0.25, 0.3) is 0 Å². The molecule has 0 saturated heterocycles. The fourth-order valence-corrected chi connectivity index (χ4v) is 0.287. The van der Waals surface area contributed by atoms with Gasteiger partial charge in [0, 0.05) is 0 Å². The first-order chi connectivity index (χ1) is 2.89. The first kappa shape index (κ1) is 3.33. The van der Waals surface area contributed by atoms with Gasteiger partial charge in [0.1, 0.15) is 0 Å². The molecular weight excluding hydrogens is 80.0 g/mol. The minimum Gasteiger partial charge on any atom is -0.302 e. The van der Waals surface area contributed by atoms with E-state index in [-0.39, 0.29) is 5.78 Å². The molecule has 0 spiro atoms. The molecule has 0 atom stereocenters. The largest absolute Gasteiger partial charge is 0.302 e. The molecule has 0 aromatic carbocycles. The molecule has 0 radical (unpaired) electrons. The molecule has 0 aliphatic carbocycles. The van der Waals surface area contributed by atoms with Crippen LogP contribution >= 0.6 is 0 Å². The minimum absolute atomic E-state index is 0.0509. The number of carbonyl (C=O) groups is 1. The number of rotatable bonds is 0. The van der Waals surface area contributed by atoms with Crippen LogP contribution in [0.3, 0.4) is 0 Å². The average Bonchev–Trinajstić information content (AvgIpc) is 1.86. The molecule has 0 aromatic heterocycles. The summed E-state index contributed by atoms with van der Waals surface area (Å²) in [6.07, 6.45) is 1.28. The van der Waals surface area contributed by atoms with Crippen LogP contribution in [0.2, 0.25) is 0 Å². The standard InChI is InChI=1S/C3H4N2O/c6-3-1-4-5-2-3/h1,5H,2H2. The third-order valence-electron chi connectivity index (χ3n) is 0.553. The van der Waals surface area contributed by atoms with Crippen LogP contribution in [-0.2, 0) is 4.79 Å². The highest BCUT2D eigenvalue weighted by atomic mass is 16.1. The Balaban J connectivity index is 2.59. The van der Waals surface area contributed by atoms with Crippen molar-refractivity contribution >= 4 is 12.0 Å². The molecule has 0 fully saturated rings. The van der Waals surface area contributed by atoms with Crippen LogP contribution in [0.4, 0.5) is 0 Å². The lowest BCUT2D eigenvalue weighted by atomic mass is 10.5. The lowest BCUT2D eigenvalue weighted by Gasteiger charge is -1.75. The van der Waals surface area contributed by atoms with Crippen molar-refractivity contribution in [3.8, 4) is 0 Å². The summed E-state index contributed by atoms with van der Waals surface area (Å²) in [5.74, 6) is 0.0509. The number of ketones is 1. The average molecular weight is 84.1 g/mol. The summed E-state index contributed by atoms with van der Waals surface area (Å²) in [5.41, 5.74) is 2.49. The maximum atomic E-state index is 10.0. The number of nitrogens with zero attached hydrogens (tertiary/aromatic N) is 1. The van der Waals surface area contributed by atoms with Crippen LogP contribution in [0.15, 0.2) is 5.10 Å². The molecule has 3 heteroatoms. The van der Waals surface area contributed by atoms with Gasteiger partial charge in [-0.3, -0.25) is 4.79 Å². The minimum atomic E-state index is 0.0509. The second kappa shape index (κ2) is 1.08. The third kappa shape index (κ3) is 0.381. The first-order valence-electron chi connectivity index (χ1n) is 1.68. The monoisotopic (exact) mass is 84.0 g/mol. The molecule has 6 heavy (non-hydrogen) atoms. The van der Waals surface area contributed by atoms with Crippen LogP contribution in [-0.4, -0.2) is 18.5 Å². The molecule has 32 valence electrons. The van der Waals surface area contributed by atoms with Crippen molar-refractivity contribution in [1.29, 1.82) is 0 Å². The van der Waals surface area contributed by atoms with Gasteiger partial charge in [-0.25, -0.2) is 0 Å². The molecule has 1 heterocycles. The van der Waals surface area contributed by atoms with Gasteiger partial charge < -0.3 is 5.43 Å². The predicted octanol–water partition coefficient (Wildman–Crippen LogP) is -0.856. The number of hydrogen-bond acceptors (Lipinski definition) is 3. The van der Waals surface area contributed by atoms with Crippen LogP contribution in [0.5, 0.6) is 0 Å². The van der Waals surface area contributed by atoms with Gasteiger partial charge in [0.25, 0.3) is 0 Å². The van der Waals surface area contributed by atoms with Gasteiger partial charge in [0.2, 0.25) is 0 Å². The molecule has 1 N–H and O–H groups in total. The van der Waals surface area contributed by atoms with Gasteiger partial charge >= 0.3 is 0 Å². The zero-order valence-corrected chi connectivity index (χ0v) is 3.14. The van der Waals surface area contributed by atoms with E-state index in [0.29, 0.717) is 6.54 Å². The molecule has 1 aliphatic rings. The fraction of sp³-hybridized carbons (Fsp3) is 0.333. The van der Waals surface area contributed by atoms with Crippen molar-refractivity contribution < 1.29 is 4.79 Å². The molecule has 0 bridgehead atoms. The second-order valence-electron chi connectivity index (χ2n) is 1.06. The summed E-state index contributed by atoms with van der Waals surface area (Å²) in [6.45, 7) is 0.375. The normalized spacial score (nSPS) is 18.3. The highest BCUT2D eigenvalue weighted by Gasteiger charge is 1.98. The lowest BCUT2D eigenvalue weighted by molar-refractivity contribution is -0.111. The van der Waals surface area contributed by atoms with Crippen molar-refractivity contribution in [3.05, 3.63) is 0 Å². The summed E-state index contributed by atoms with van der Waals surface area (Å²) in [5, 5.41) is 3.44. The number of carbonyl (C=O) groups excluding carboxylic acids is 1. The van der Waals surface area contributed by atoms with Gasteiger partial charge in [-0.2, -0.15) is 5.10 Å². The smallest absolute Gasteiger partial charge is 0.196 e. The Labute approximate surface area is 35.0 Å². The van der Waals surface area contributed by atoms with Crippen LogP contribution in [0.1, 0.15) is 0 Å². The molecule has 0 amide bonds. The van der Waals surface area contributed by atoms with Crippen molar-refractivity contribution in [3.63, 3.8) is 0 Å². The Morgan fingerprint density at radius 2 is 2.83 bits per heavy atom. The molecule has 0 aromatic rings. The van der Waals surface area contributed by atoms with Crippen LogP contribution < -0.4 is 5.43 Å². The van der Waals surface area contributed by atoms with Crippen molar-refractivity contribution in [1.82, 2.24) is 5.43 Å². The predicted molar refractivity (Wildman–Crippen MR) is 21.5 cm³/mol. The molecule has 0 saturated carbocycles. The van der Waals surface area contributed by atoms with Crippen molar-refractivity contribution in [2.75, 3.05) is 6.54 Å². The molecule has 3 nitrogen and oxygen atoms in total. The van der Waals surface area contributed by atoms with E-state index >= 15 is 0 Å². The summed E-state index contributed by atoms with van der Waals surface area (Å²) < 4.78 is 0. The Morgan fingerprint density at radius 3 is 3.00 bits per heavy atom. The number of hydrazone groups is 1. The van der Waals surface area contributed by atoms with E-state index in [9.17, 15) is 4.79 Å². The molecule has 1 aliphatic heterocycles. The third-order valence-corrected chi connectivity index (χ3v) is 0.553. The van der Waals surface area contributed by atoms with E-state index in [4.69, 9.17) is 0 Å². The van der Waals surface area contributed by atoms with Gasteiger partial charge in [-0.15, -0.1) is 0 Å². The van der Waals surface area contributed by atoms with E-state index in [1.54, 1.807) is 0 Å². The maximum Gasteiger partial charge on any atom is 0.196 e. The number of Topliss-reactive ketones (excluding diaryl/α,β-unsaturated/α-hetero) is 1. The highest BCUT2D eigenvalue weighted by molar-refractivity contribution is 6.29. The maximum absolute atomic E-state index is 10.0. The number of nitrogens with one attached hydrogen (secondary N) is 1. The van der Waals surface area contributed by atoms with Gasteiger partial charge in [0.05, 0.1) is 12.8 Å². The summed E-state index contributed by atoms with van der Waals surface area (Å²) in [7, 11) is 0. The topological polar surface area (TPSA) is 41.5 Å². The van der Waals surface area contributed by atoms with Gasteiger partial charge in [0.15, 0.2) is 5.78 Å². The Kier molecular flexibility index (Phi) is 0.602. The Bertz CT molecular complexity index is 97.0. The molecule has 0 unspecified atom stereocenters. The first-order valence-corrected chi connectivity index (χ1v) is 1.68. The SMILES string of the molecule is O=C1C=NNC1. The van der Waals surface area contributed by atoms with Gasteiger partial charge in [-0.1, -0.05) is 0 Å². The Morgan fingerprint density at radius 1 is 2.00 bits per heavy atom. The zero-order chi connectivity index (χ0) is 4.41. The lowest BCUT2D eigenvalue weighted by Crippen LogP contribution is -2.07. The molecule has 1 rings (SSSR count). The van der Waals surface area contributed by atoms with E-state index in [2.05, 4.69) is 10.5 Å². The number of hydrogen-bond donors (Lipinski definition) is 1. The summed E-state index contributed by atoms with van der Waals surface area (Å²) in [6, 6.07) is 0. The second-order valence-corrected chi connectivity index (χ2v) is 1.06. The molecular formula is C3H4N2O. The van der Waals surface area contributed by atoms with Crippen molar-refractivity contribution in [2.24, 2.45) is 5.10 Å². The fourth-order valence-electron chi connectivity index (χ4n) is 0.287. The summed E-state index contributed by atoms with van der Waals surface area (Å²) in [4.78, 5) is 10.0. The highest BCUT2D eigenvalue weighted by Crippen LogP contribution is 1.71. The van der Waals surface area contributed by atoms with Crippen LogP contribution in [0, 0.1) is 0 Å². The van der Waals surface area contributed by atoms with Crippen molar-refractivity contribution in [2.45, 2.75) is 0 Å². The van der Waals surface area contributed by atoms with E-state index in [1.165, 1.54) is 6.21 Å². The quantitative estimate of drug-likeness (QED) is 0.415. The Hall–Kier alpha value is -0.860. The van der Waals surface area contributed by atoms with Gasteiger partial charge in [-0.05, 0) is 0 Å².